The Morgan fingerprint density at radius 3 is 2.46 bits per heavy atom. The Balaban J connectivity index is 1.39. The molecule has 1 aromatic heterocycles. The normalized spacial score (nSPS) is 14.5. The second-order valence-corrected chi connectivity index (χ2v) is 6.75. The van der Waals surface area contributed by atoms with Crippen LogP contribution in [0, 0.1) is 0 Å². The van der Waals surface area contributed by atoms with E-state index in [9.17, 15) is 14.4 Å². The Kier molecular flexibility index (Phi) is 6.67. The van der Waals surface area contributed by atoms with Gasteiger partial charge in [-0.25, -0.2) is 0 Å². The van der Waals surface area contributed by atoms with Gasteiger partial charge >= 0.3 is 0 Å². The van der Waals surface area contributed by atoms with Gasteiger partial charge in [0, 0.05) is 26.2 Å². The summed E-state index contributed by atoms with van der Waals surface area (Å²) < 4.78 is 4.98. The zero-order chi connectivity index (χ0) is 19.9. The number of amides is 3. The number of benzene rings is 1. The molecule has 28 heavy (non-hydrogen) atoms. The molecule has 2 heterocycles. The Morgan fingerprint density at radius 1 is 1.04 bits per heavy atom. The first-order valence-corrected chi connectivity index (χ1v) is 9.27. The molecule has 2 aromatic rings. The van der Waals surface area contributed by atoms with E-state index in [-0.39, 0.29) is 30.7 Å². The van der Waals surface area contributed by atoms with E-state index in [2.05, 4.69) is 10.6 Å². The number of anilines is 1. The van der Waals surface area contributed by atoms with Crippen LogP contribution >= 0.6 is 11.6 Å². The lowest BCUT2D eigenvalue weighted by atomic mass is 10.3. The van der Waals surface area contributed by atoms with Gasteiger partial charge in [0.2, 0.25) is 11.8 Å². The minimum atomic E-state index is -0.423. The van der Waals surface area contributed by atoms with Crippen LogP contribution in [-0.2, 0) is 9.59 Å². The number of hydrogen-bond donors (Lipinski definition) is 2. The van der Waals surface area contributed by atoms with E-state index >= 15 is 0 Å². The van der Waals surface area contributed by atoms with Crippen LogP contribution in [0.25, 0.3) is 0 Å². The number of rotatable bonds is 6. The van der Waals surface area contributed by atoms with E-state index in [1.54, 1.807) is 35.2 Å². The predicted molar refractivity (Wildman–Crippen MR) is 104 cm³/mol. The minimum absolute atomic E-state index is 0.0907. The van der Waals surface area contributed by atoms with E-state index in [0.717, 1.165) is 0 Å². The van der Waals surface area contributed by atoms with Crippen LogP contribution in [0.2, 0.25) is 5.02 Å². The maximum absolute atomic E-state index is 12.2. The zero-order valence-corrected chi connectivity index (χ0v) is 15.9. The van der Waals surface area contributed by atoms with Crippen molar-refractivity contribution < 1.29 is 18.8 Å². The highest BCUT2D eigenvalue weighted by Crippen LogP contribution is 2.20. The monoisotopic (exact) mass is 404 g/mol. The number of para-hydroxylation sites is 1. The van der Waals surface area contributed by atoms with Crippen molar-refractivity contribution in [3.05, 3.63) is 53.4 Å². The molecule has 148 valence electrons. The van der Waals surface area contributed by atoms with E-state index in [1.807, 2.05) is 4.90 Å². The third-order valence-corrected chi connectivity index (χ3v) is 4.71. The molecule has 0 saturated carbocycles. The van der Waals surface area contributed by atoms with Gasteiger partial charge in [-0.2, -0.15) is 0 Å². The highest BCUT2D eigenvalue weighted by atomic mass is 35.5. The van der Waals surface area contributed by atoms with Gasteiger partial charge in [0.05, 0.1) is 30.1 Å². The fourth-order valence-electron chi connectivity index (χ4n) is 2.87. The molecular weight excluding hydrogens is 384 g/mol. The van der Waals surface area contributed by atoms with Crippen molar-refractivity contribution in [2.45, 2.75) is 0 Å². The summed E-state index contributed by atoms with van der Waals surface area (Å²) in [6.07, 6.45) is 1.40. The van der Waals surface area contributed by atoms with Gasteiger partial charge in [-0.05, 0) is 24.3 Å². The molecule has 1 fully saturated rings. The van der Waals surface area contributed by atoms with Gasteiger partial charge in [0.25, 0.3) is 5.91 Å². The second kappa shape index (κ2) is 9.38. The van der Waals surface area contributed by atoms with Crippen LogP contribution < -0.4 is 10.6 Å². The number of halogens is 1. The van der Waals surface area contributed by atoms with Crippen molar-refractivity contribution in [1.82, 2.24) is 15.1 Å². The van der Waals surface area contributed by atoms with Gasteiger partial charge in [0.1, 0.15) is 0 Å². The smallest absolute Gasteiger partial charge is 0.287 e. The molecule has 1 aromatic carbocycles. The van der Waals surface area contributed by atoms with Crippen LogP contribution in [-0.4, -0.2) is 66.8 Å². The Morgan fingerprint density at radius 2 is 1.79 bits per heavy atom. The third kappa shape index (κ3) is 5.34. The van der Waals surface area contributed by atoms with Gasteiger partial charge in [-0.15, -0.1) is 0 Å². The summed E-state index contributed by atoms with van der Waals surface area (Å²) in [5.41, 5.74) is 0.579. The van der Waals surface area contributed by atoms with Gasteiger partial charge in [-0.1, -0.05) is 23.7 Å². The minimum Gasteiger partial charge on any atom is -0.459 e. The first-order chi connectivity index (χ1) is 13.5. The molecule has 0 unspecified atom stereocenters. The number of carbonyl (C=O) groups excluding carboxylic acids is 3. The fourth-order valence-corrected chi connectivity index (χ4v) is 3.06. The molecule has 1 aliphatic heterocycles. The van der Waals surface area contributed by atoms with Crippen LogP contribution in [0.1, 0.15) is 10.6 Å². The van der Waals surface area contributed by atoms with E-state index in [4.69, 9.17) is 16.0 Å². The predicted octanol–water partition coefficient (Wildman–Crippen LogP) is 1.45. The fraction of sp³-hybridized carbons (Fsp3) is 0.316. The molecule has 3 amide bonds. The van der Waals surface area contributed by atoms with Crippen LogP contribution in [0.15, 0.2) is 47.1 Å². The van der Waals surface area contributed by atoms with Crippen LogP contribution in [0.3, 0.4) is 0 Å². The summed E-state index contributed by atoms with van der Waals surface area (Å²) in [7, 11) is 0. The molecule has 3 rings (SSSR count). The average molecular weight is 405 g/mol. The summed E-state index contributed by atoms with van der Waals surface area (Å²) in [5.74, 6) is -0.575. The average Bonchev–Trinajstić information content (AvgIpc) is 3.23. The lowest BCUT2D eigenvalue weighted by molar-refractivity contribution is -0.132. The Hall–Kier alpha value is -2.84. The van der Waals surface area contributed by atoms with Gasteiger partial charge in [0.15, 0.2) is 5.76 Å². The third-order valence-electron chi connectivity index (χ3n) is 4.39. The standard InChI is InChI=1S/C19H21ClN4O4/c20-14-4-1-2-5-15(14)22-17(25)13-23-7-9-24(10-8-23)18(26)12-21-19(27)16-6-3-11-28-16/h1-6,11H,7-10,12-13H2,(H,21,27)(H,22,25). The molecule has 0 bridgehead atoms. The number of nitrogens with one attached hydrogen (secondary N) is 2. The van der Waals surface area contributed by atoms with Crippen molar-refractivity contribution in [3.8, 4) is 0 Å². The molecule has 0 spiro atoms. The number of piperazine rings is 1. The summed E-state index contributed by atoms with van der Waals surface area (Å²) in [6, 6.07) is 10.2. The first-order valence-electron chi connectivity index (χ1n) is 8.89. The van der Waals surface area contributed by atoms with E-state index in [1.165, 1.54) is 12.3 Å². The maximum Gasteiger partial charge on any atom is 0.287 e. The summed E-state index contributed by atoms with van der Waals surface area (Å²) in [6.45, 7) is 2.28. The largest absolute Gasteiger partial charge is 0.459 e. The number of carbonyl (C=O) groups is 3. The first kappa shape index (κ1) is 19.9. The quantitative estimate of drug-likeness (QED) is 0.759. The molecule has 0 atom stereocenters. The lowest BCUT2D eigenvalue weighted by Crippen LogP contribution is -2.52. The second-order valence-electron chi connectivity index (χ2n) is 6.34. The van der Waals surface area contributed by atoms with Crippen molar-refractivity contribution in [1.29, 1.82) is 0 Å². The summed E-state index contributed by atoms with van der Waals surface area (Å²) in [4.78, 5) is 39.9. The van der Waals surface area contributed by atoms with E-state index in [0.29, 0.717) is 36.9 Å². The van der Waals surface area contributed by atoms with Crippen molar-refractivity contribution in [2.24, 2.45) is 0 Å². The maximum atomic E-state index is 12.2. The topological polar surface area (TPSA) is 94.9 Å². The number of nitrogens with zero attached hydrogens (tertiary/aromatic N) is 2. The molecule has 0 aliphatic carbocycles. The molecule has 9 heteroatoms. The van der Waals surface area contributed by atoms with Crippen LogP contribution in [0.4, 0.5) is 5.69 Å². The molecule has 1 aliphatic rings. The number of hydrogen-bond acceptors (Lipinski definition) is 5. The van der Waals surface area contributed by atoms with Crippen LogP contribution in [0.5, 0.6) is 0 Å². The molecule has 0 radical (unpaired) electrons. The number of furan rings is 1. The molecule has 2 N–H and O–H groups in total. The molecule has 1 saturated heterocycles. The van der Waals surface area contributed by atoms with Crippen molar-refractivity contribution in [2.75, 3.05) is 44.6 Å². The van der Waals surface area contributed by atoms with Gasteiger partial charge in [-0.3, -0.25) is 19.3 Å². The van der Waals surface area contributed by atoms with E-state index < -0.39 is 5.91 Å². The van der Waals surface area contributed by atoms with Crippen molar-refractivity contribution >= 4 is 35.0 Å². The highest BCUT2D eigenvalue weighted by Gasteiger charge is 2.23. The summed E-state index contributed by atoms with van der Waals surface area (Å²) in [5, 5.41) is 5.82. The van der Waals surface area contributed by atoms with Crippen molar-refractivity contribution in [3.63, 3.8) is 0 Å². The Bertz CT molecular complexity index is 832. The SMILES string of the molecule is O=C(CN1CCN(C(=O)CNC(=O)c2ccco2)CC1)Nc1ccccc1Cl. The lowest BCUT2D eigenvalue weighted by Gasteiger charge is -2.34. The summed E-state index contributed by atoms with van der Waals surface area (Å²) >= 11 is 6.04. The molecular formula is C19H21ClN4O4. The zero-order valence-electron chi connectivity index (χ0n) is 15.2. The highest BCUT2D eigenvalue weighted by molar-refractivity contribution is 6.33. The molecule has 8 nitrogen and oxygen atoms in total. The Labute approximate surface area is 167 Å². The van der Waals surface area contributed by atoms with Gasteiger partial charge < -0.3 is 20.0 Å².